The molecule has 2 heterocycles. The van der Waals surface area contributed by atoms with Gasteiger partial charge in [-0.15, -0.1) is 0 Å². The number of aliphatic hydroxyl groups is 2. The number of fused-ring (bicyclic) bond motifs is 2. The number of anilines is 1. The minimum Gasteiger partial charge on any atom is -0.490 e. The van der Waals surface area contributed by atoms with E-state index in [4.69, 9.17) is 4.74 Å². The summed E-state index contributed by atoms with van der Waals surface area (Å²) in [5, 5.41) is 24.8. The van der Waals surface area contributed by atoms with Gasteiger partial charge in [0.15, 0.2) is 0 Å². The summed E-state index contributed by atoms with van der Waals surface area (Å²) in [6, 6.07) is 15.5. The molecule has 1 aliphatic carbocycles. The third-order valence-corrected chi connectivity index (χ3v) is 7.27. The van der Waals surface area contributed by atoms with Crippen LogP contribution in [0.25, 0.3) is 0 Å². The van der Waals surface area contributed by atoms with Gasteiger partial charge in [-0.1, -0.05) is 42.1 Å². The van der Waals surface area contributed by atoms with Crippen LogP contribution in [0.2, 0.25) is 0 Å². The molecule has 2 fully saturated rings. The smallest absolute Gasteiger partial charge is 0.283 e. The van der Waals surface area contributed by atoms with E-state index in [0.29, 0.717) is 25.3 Å². The SMILES string of the molecule is O=C1Nc2ccc(C(O)CN3C[C@H]4C[C@H](Oc5ccccc5)C[C@@]4(O)C3)cc2CS1. The zero-order valence-electron chi connectivity index (χ0n) is 16.7. The summed E-state index contributed by atoms with van der Waals surface area (Å²) >= 11 is 1.24. The number of amides is 1. The van der Waals surface area contributed by atoms with Crippen LogP contribution in [-0.4, -0.2) is 51.7 Å². The van der Waals surface area contributed by atoms with E-state index in [1.807, 2.05) is 48.5 Å². The van der Waals surface area contributed by atoms with Crippen LogP contribution in [-0.2, 0) is 5.75 Å². The number of hydrogen-bond donors (Lipinski definition) is 3. The molecular formula is C23H26N2O4S. The molecule has 4 atom stereocenters. The molecule has 1 unspecified atom stereocenters. The maximum absolute atomic E-state index is 11.5. The van der Waals surface area contributed by atoms with Crippen LogP contribution in [0, 0.1) is 5.92 Å². The third-order valence-electron chi connectivity index (χ3n) is 6.45. The Kier molecular flexibility index (Phi) is 5.23. The molecule has 0 bridgehead atoms. The van der Waals surface area contributed by atoms with Crippen molar-refractivity contribution in [3.05, 3.63) is 59.7 Å². The molecule has 2 aromatic rings. The molecule has 7 heteroatoms. The lowest BCUT2D eigenvalue weighted by molar-refractivity contribution is 0.0178. The zero-order chi connectivity index (χ0) is 20.7. The van der Waals surface area contributed by atoms with Crippen molar-refractivity contribution in [2.45, 2.75) is 36.4 Å². The zero-order valence-corrected chi connectivity index (χ0v) is 17.5. The average molecular weight is 427 g/mol. The summed E-state index contributed by atoms with van der Waals surface area (Å²) in [4.78, 5) is 13.6. The Morgan fingerprint density at radius 3 is 2.90 bits per heavy atom. The number of aliphatic hydroxyl groups excluding tert-OH is 1. The maximum Gasteiger partial charge on any atom is 0.283 e. The number of rotatable bonds is 5. The highest BCUT2D eigenvalue weighted by molar-refractivity contribution is 8.13. The van der Waals surface area contributed by atoms with Crippen molar-refractivity contribution in [1.29, 1.82) is 0 Å². The van der Waals surface area contributed by atoms with Crippen molar-refractivity contribution in [2.75, 3.05) is 25.0 Å². The second-order valence-electron chi connectivity index (χ2n) is 8.62. The van der Waals surface area contributed by atoms with Gasteiger partial charge in [0.05, 0.1) is 11.7 Å². The van der Waals surface area contributed by atoms with Gasteiger partial charge in [0, 0.05) is 43.4 Å². The molecule has 3 aliphatic rings. The van der Waals surface area contributed by atoms with Crippen LogP contribution in [0.4, 0.5) is 10.5 Å². The number of carbonyl (C=O) groups is 1. The van der Waals surface area contributed by atoms with Crippen molar-refractivity contribution in [3.63, 3.8) is 0 Å². The van der Waals surface area contributed by atoms with E-state index in [9.17, 15) is 15.0 Å². The van der Waals surface area contributed by atoms with Gasteiger partial charge in [0.2, 0.25) is 0 Å². The predicted octanol–water partition coefficient (Wildman–Crippen LogP) is 3.40. The highest BCUT2D eigenvalue weighted by atomic mass is 32.2. The highest BCUT2D eigenvalue weighted by Gasteiger charge is 2.52. The molecule has 5 rings (SSSR count). The molecule has 2 aromatic carbocycles. The van der Waals surface area contributed by atoms with Gasteiger partial charge >= 0.3 is 0 Å². The Bertz CT molecular complexity index is 940. The molecule has 0 spiro atoms. The van der Waals surface area contributed by atoms with E-state index < -0.39 is 11.7 Å². The van der Waals surface area contributed by atoms with E-state index in [2.05, 4.69) is 10.2 Å². The summed E-state index contributed by atoms with van der Waals surface area (Å²) in [7, 11) is 0. The average Bonchev–Trinajstić information content (AvgIpc) is 3.18. The number of benzene rings is 2. The van der Waals surface area contributed by atoms with Crippen molar-refractivity contribution >= 4 is 22.7 Å². The van der Waals surface area contributed by atoms with Gasteiger partial charge in [0.25, 0.3) is 5.24 Å². The first-order chi connectivity index (χ1) is 14.5. The Morgan fingerprint density at radius 1 is 1.27 bits per heavy atom. The molecule has 0 aromatic heterocycles. The number of hydrogen-bond acceptors (Lipinski definition) is 6. The molecule has 1 amide bonds. The molecule has 6 nitrogen and oxygen atoms in total. The fraction of sp³-hybridized carbons (Fsp3) is 0.435. The number of para-hydroxylation sites is 1. The van der Waals surface area contributed by atoms with Crippen LogP contribution in [0.15, 0.2) is 48.5 Å². The molecular weight excluding hydrogens is 400 g/mol. The summed E-state index contributed by atoms with van der Waals surface area (Å²) in [5.74, 6) is 1.63. The third kappa shape index (κ3) is 3.95. The number of ether oxygens (including phenoxy) is 1. The summed E-state index contributed by atoms with van der Waals surface area (Å²) in [6.07, 6.45) is 0.849. The number of carbonyl (C=O) groups excluding carboxylic acids is 1. The molecule has 1 saturated heterocycles. The van der Waals surface area contributed by atoms with E-state index in [1.54, 1.807) is 0 Å². The maximum atomic E-state index is 11.5. The Hall–Kier alpha value is -2.06. The topological polar surface area (TPSA) is 82.0 Å². The fourth-order valence-electron chi connectivity index (χ4n) is 5.00. The summed E-state index contributed by atoms with van der Waals surface area (Å²) in [5.41, 5.74) is 1.95. The monoisotopic (exact) mass is 426 g/mol. The van der Waals surface area contributed by atoms with E-state index in [-0.39, 0.29) is 17.3 Å². The first-order valence-corrected chi connectivity index (χ1v) is 11.4. The number of thioether (sulfide) groups is 1. The number of nitrogens with one attached hydrogen (secondary N) is 1. The van der Waals surface area contributed by atoms with Crippen molar-refractivity contribution in [3.8, 4) is 5.75 Å². The molecule has 30 heavy (non-hydrogen) atoms. The second-order valence-corrected chi connectivity index (χ2v) is 9.57. The lowest BCUT2D eigenvalue weighted by atomic mass is 9.95. The van der Waals surface area contributed by atoms with Gasteiger partial charge in [-0.25, -0.2) is 0 Å². The molecule has 1 saturated carbocycles. The van der Waals surface area contributed by atoms with E-state index >= 15 is 0 Å². The minimum atomic E-state index is -0.754. The lowest BCUT2D eigenvalue weighted by Crippen LogP contribution is -2.36. The van der Waals surface area contributed by atoms with Crippen LogP contribution >= 0.6 is 11.8 Å². The predicted molar refractivity (Wildman–Crippen MR) is 117 cm³/mol. The van der Waals surface area contributed by atoms with Crippen LogP contribution in [0.3, 0.4) is 0 Å². The fourth-order valence-corrected chi connectivity index (χ4v) is 5.71. The van der Waals surface area contributed by atoms with Crippen molar-refractivity contribution < 1.29 is 19.7 Å². The van der Waals surface area contributed by atoms with Crippen molar-refractivity contribution in [1.82, 2.24) is 4.90 Å². The summed E-state index contributed by atoms with van der Waals surface area (Å²) in [6.45, 7) is 1.81. The molecule has 158 valence electrons. The summed E-state index contributed by atoms with van der Waals surface area (Å²) < 4.78 is 6.06. The van der Waals surface area contributed by atoms with Gasteiger partial charge in [-0.3, -0.25) is 9.69 Å². The normalized spacial score (nSPS) is 29.2. The minimum absolute atomic E-state index is 0.0304. The number of β-amino-alcohol motifs (C(OH)–C–C–N with tert-alkyl or cyclic N) is 2. The first-order valence-electron chi connectivity index (χ1n) is 10.4. The van der Waals surface area contributed by atoms with Crippen LogP contribution in [0.5, 0.6) is 5.75 Å². The standard InChI is InChI=1S/C23H26N2O4S/c26-21(15-6-7-20-16(8-15)13-30-22(27)24-20)12-25-11-17-9-19(10-23(17,28)14-25)29-18-4-2-1-3-5-18/h1-8,17,19,21,26,28H,9-14H2,(H,24,27)/t17-,19+,21?,23-/m1/s1. The number of likely N-dealkylation sites (tertiary alicyclic amines) is 1. The molecule has 3 N–H and O–H groups in total. The lowest BCUT2D eigenvalue weighted by Gasteiger charge is -2.25. The van der Waals surface area contributed by atoms with E-state index in [1.165, 1.54) is 11.8 Å². The Labute approximate surface area is 180 Å². The largest absolute Gasteiger partial charge is 0.490 e. The van der Waals surface area contributed by atoms with Gasteiger partial charge in [-0.05, 0) is 35.7 Å². The molecule has 0 radical (unpaired) electrons. The molecule has 2 aliphatic heterocycles. The number of nitrogens with zero attached hydrogens (tertiary/aromatic N) is 1. The second kappa shape index (κ2) is 7.89. The van der Waals surface area contributed by atoms with Crippen molar-refractivity contribution in [2.24, 2.45) is 5.92 Å². The van der Waals surface area contributed by atoms with Gasteiger partial charge in [-0.2, -0.15) is 0 Å². The van der Waals surface area contributed by atoms with E-state index in [0.717, 1.165) is 35.5 Å². The highest BCUT2D eigenvalue weighted by Crippen LogP contribution is 2.43. The van der Waals surface area contributed by atoms with Gasteiger partial charge < -0.3 is 20.3 Å². The Balaban J connectivity index is 1.19. The first kappa shape index (κ1) is 19.9. The van der Waals surface area contributed by atoms with Crippen LogP contribution < -0.4 is 10.1 Å². The van der Waals surface area contributed by atoms with Gasteiger partial charge in [0.1, 0.15) is 11.9 Å². The quantitative estimate of drug-likeness (QED) is 0.680. The Morgan fingerprint density at radius 2 is 2.10 bits per heavy atom. The van der Waals surface area contributed by atoms with Crippen LogP contribution in [0.1, 0.15) is 30.1 Å².